The van der Waals surface area contributed by atoms with E-state index < -0.39 is 0 Å². The summed E-state index contributed by atoms with van der Waals surface area (Å²) in [4.78, 5) is 21.0. The molecule has 0 unspecified atom stereocenters. The van der Waals surface area contributed by atoms with Gasteiger partial charge < -0.3 is 5.32 Å². The molecule has 0 fully saturated rings. The SMILES string of the molecule is Cc1cnc(C(=O)N[C@@H]2CC(C)(C)Cc3c2cnn3-c2cccc(F)c2)cn1. The highest BCUT2D eigenvalue weighted by molar-refractivity contribution is 5.92. The lowest BCUT2D eigenvalue weighted by molar-refractivity contribution is 0.0913. The van der Waals surface area contributed by atoms with Crippen molar-refractivity contribution in [1.82, 2.24) is 25.1 Å². The zero-order valence-electron chi connectivity index (χ0n) is 16.1. The van der Waals surface area contributed by atoms with Crippen LogP contribution in [-0.4, -0.2) is 25.7 Å². The van der Waals surface area contributed by atoms with E-state index >= 15 is 0 Å². The molecule has 1 aliphatic rings. The molecule has 6 nitrogen and oxygen atoms in total. The summed E-state index contributed by atoms with van der Waals surface area (Å²) in [5.74, 6) is -0.570. The number of amides is 1. The molecular formula is C21H22FN5O. The summed E-state index contributed by atoms with van der Waals surface area (Å²) in [6.07, 6.45) is 6.39. The molecule has 1 N–H and O–H groups in total. The van der Waals surface area contributed by atoms with Gasteiger partial charge in [0.2, 0.25) is 0 Å². The Morgan fingerprint density at radius 3 is 2.79 bits per heavy atom. The van der Waals surface area contributed by atoms with Gasteiger partial charge in [0.05, 0.1) is 35.5 Å². The average molecular weight is 379 g/mol. The van der Waals surface area contributed by atoms with Crippen LogP contribution in [0.2, 0.25) is 0 Å². The summed E-state index contributed by atoms with van der Waals surface area (Å²) in [5.41, 5.74) is 3.62. The summed E-state index contributed by atoms with van der Waals surface area (Å²) in [7, 11) is 0. The van der Waals surface area contributed by atoms with Crippen molar-refractivity contribution >= 4 is 5.91 Å². The van der Waals surface area contributed by atoms with Crippen LogP contribution < -0.4 is 5.32 Å². The number of aromatic nitrogens is 4. The van der Waals surface area contributed by atoms with Gasteiger partial charge in [0.15, 0.2) is 0 Å². The molecule has 0 radical (unpaired) electrons. The molecule has 144 valence electrons. The van der Waals surface area contributed by atoms with Crippen LogP contribution in [0.25, 0.3) is 5.69 Å². The first-order chi connectivity index (χ1) is 13.3. The van der Waals surface area contributed by atoms with Gasteiger partial charge in [-0.2, -0.15) is 5.10 Å². The molecule has 28 heavy (non-hydrogen) atoms. The third kappa shape index (κ3) is 3.52. The maximum absolute atomic E-state index is 13.7. The molecule has 2 aromatic heterocycles. The maximum atomic E-state index is 13.7. The van der Waals surface area contributed by atoms with Gasteiger partial charge in [-0.05, 0) is 43.4 Å². The van der Waals surface area contributed by atoms with Crippen LogP contribution in [0, 0.1) is 18.2 Å². The van der Waals surface area contributed by atoms with Crippen LogP contribution in [0.1, 0.15) is 53.7 Å². The Morgan fingerprint density at radius 1 is 1.25 bits per heavy atom. The largest absolute Gasteiger partial charge is 0.344 e. The second kappa shape index (κ2) is 6.82. The number of nitrogens with one attached hydrogen (secondary N) is 1. The standard InChI is InChI=1S/C21H22FN5O/c1-13-10-24-18(12-23-13)20(28)26-17-8-21(2,3)9-19-16(17)11-25-27(19)15-6-4-5-14(22)7-15/h4-7,10-12,17H,8-9H2,1-3H3,(H,26,28)/t17-/m1/s1. The van der Waals surface area contributed by atoms with E-state index in [9.17, 15) is 9.18 Å². The zero-order chi connectivity index (χ0) is 19.9. The average Bonchev–Trinajstić information content (AvgIpc) is 3.05. The molecule has 1 aromatic carbocycles. The molecule has 0 bridgehead atoms. The predicted octanol–water partition coefficient (Wildman–Crippen LogP) is 3.55. The number of nitrogens with zero attached hydrogens (tertiary/aromatic N) is 4. The van der Waals surface area contributed by atoms with Gasteiger partial charge in [0, 0.05) is 11.8 Å². The van der Waals surface area contributed by atoms with Crippen LogP contribution in [0.5, 0.6) is 0 Å². The molecular weight excluding hydrogens is 357 g/mol. The molecule has 0 saturated heterocycles. The Kier molecular flexibility index (Phi) is 4.45. The van der Waals surface area contributed by atoms with E-state index in [1.165, 1.54) is 18.3 Å². The van der Waals surface area contributed by atoms with Crippen molar-refractivity contribution in [2.45, 2.75) is 39.7 Å². The highest BCUT2D eigenvalue weighted by Gasteiger charge is 2.36. The van der Waals surface area contributed by atoms with Gasteiger partial charge in [-0.15, -0.1) is 0 Å². The molecule has 2 heterocycles. The van der Waals surface area contributed by atoms with Crippen molar-refractivity contribution in [3.63, 3.8) is 0 Å². The van der Waals surface area contributed by atoms with Gasteiger partial charge in [-0.1, -0.05) is 19.9 Å². The predicted molar refractivity (Wildman–Crippen MR) is 103 cm³/mol. The third-order valence-corrected chi connectivity index (χ3v) is 5.05. The monoisotopic (exact) mass is 379 g/mol. The molecule has 4 rings (SSSR count). The van der Waals surface area contributed by atoms with E-state index in [4.69, 9.17) is 0 Å². The van der Waals surface area contributed by atoms with Gasteiger partial charge in [-0.3, -0.25) is 9.78 Å². The first kappa shape index (κ1) is 18.3. The summed E-state index contributed by atoms with van der Waals surface area (Å²) in [6.45, 7) is 6.14. The summed E-state index contributed by atoms with van der Waals surface area (Å²) < 4.78 is 15.5. The summed E-state index contributed by atoms with van der Waals surface area (Å²) in [5, 5.41) is 7.56. The van der Waals surface area contributed by atoms with E-state index in [1.807, 2.05) is 13.0 Å². The van der Waals surface area contributed by atoms with Gasteiger partial charge in [0.1, 0.15) is 11.5 Å². The van der Waals surface area contributed by atoms with Crippen LogP contribution in [-0.2, 0) is 6.42 Å². The second-order valence-corrected chi connectivity index (χ2v) is 8.05. The third-order valence-electron chi connectivity index (χ3n) is 5.05. The molecule has 0 spiro atoms. The molecule has 1 atom stereocenters. The van der Waals surface area contributed by atoms with Crippen molar-refractivity contribution in [1.29, 1.82) is 0 Å². The lowest BCUT2D eigenvalue weighted by Crippen LogP contribution is -2.37. The number of halogens is 1. The smallest absolute Gasteiger partial charge is 0.271 e. The highest BCUT2D eigenvalue weighted by Crippen LogP contribution is 2.41. The minimum Gasteiger partial charge on any atom is -0.344 e. The van der Waals surface area contributed by atoms with Gasteiger partial charge in [0.25, 0.3) is 5.91 Å². The van der Waals surface area contributed by atoms with Crippen molar-refractivity contribution in [2.24, 2.45) is 5.41 Å². The van der Waals surface area contributed by atoms with E-state index in [-0.39, 0.29) is 28.9 Å². The fourth-order valence-electron chi connectivity index (χ4n) is 3.74. The van der Waals surface area contributed by atoms with E-state index in [0.717, 1.165) is 29.8 Å². The number of carbonyl (C=O) groups is 1. The Balaban J connectivity index is 1.67. The first-order valence-electron chi connectivity index (χ1n) is 9.25. The van der Waals surface area contributed by atoms with Gasteiger partial charge in [-0.25, -0.2) is 14.1 Å². The van der Waals surface area contributed by atoms with Crippen molar-refractivity contribution in [2.75, 3.05) is 0 Å². The molecule has 0 aliphatic heterocycles. The number of fused-ring (bicyclic) bond motifs is 1. The first-order valence-corrected chi connectivity index (χ1v) is 9.25. The minimum absolute atomic E-state index is 0.0466. The quantitative estimate of drug-likeness (QED) is 0.755. The van der Waals surface area contributed by atoms with Crippen molar-refractivity contribution < 1.29 is 9.18 Å². The number of rotatable bonds is 3. The Labute approximate surface area is 162 Å². The van der Waals surface area contributed by atoms with E-state index in [1.54, 1.807) is 23.1 Å². The van der Waals surface area contributed by atoms with Crippen molar-refractivity contribution in [3.8, 4) is 5.69 Å². The van der Waals surface area contributed by atoms with Crippen molar-refractivity contribution in [3.05, 3.63) is 71.3 Å². The summed E-state index contributed by atoms with van der Waals surface area (Å²) in [6, 6.07) is 6.17. The van der Waals surface area contributed by atoms with E-state index in [2.05, 4.69) is 34.2 Å². The number of aryl methyl sites for hydroxylation is 1. The number of hydrogen-bond donors (Lipinski definition) is 1. The lowest BCUT2D eigenvalue weighted by Gasteiger charge is -2.35. The molecule has 1 aliphatic carbocycles. The molecule has 0 saturated carbocycles. The molecule has 3 aromatic rings. The van der Waals surface area contributed by atoms with Crippen LogP contribution in [0.3, 0.4) is 0 Å². The van der Waals surface area contributed by atoms with E-state index in [0.29, 0.717) is 5.69 Å². The Hall–Kier alpha value is -3.09. The molecule has 7 heteroatoms. The number of hydrogen-bond acceptors (Lipinski definition) is 4. The lowest BCUT2D eigenvalue weighted by atomic mass is 9.74. The maximum Gasteiger partial charge on any atom is 0.271 e. The minimum atomic E-state index is -0.306. The molecule has 1 amide bonds. The number of carbonyl (C=O) groups excluding carboxylic acids is 1. The second-order valence-electron chi connectivity index (χ2n) is 8.05. The van der Waals surface area contributed by atoms with Gasteiger partial charge >= 0.3 is 0 Å². The topological polar surface area (TPSA) is 72.7 Å². The Bertz CT molecular complexity index is 1030. The normalized spacial score (nSPS) is 17.8. The fourth-order valence-corrected chi connectivity index (χ4v) is 3.74. The van der Waals surface area contributed by atoms with Crippen LogP contribution in [0.15, 0.2) is 42.9 Å². The number of benzene rings is 1. The highest BCUT2D eigenvalue weighted by atomic mass is 19.1. The van der Waals surface area contributed by atoms with Crippen LogP contribution in [0.4, 0.5) is 4.39 Å². The summed E-state index contributed by atoms with van der Waals surface area (Å²) >= 11 is 0. The Morgan fingerprint density at radius 2 is 2.07 bits per heavy atom. The fraction of sp³-hybridized carbons (Fsp3) is 0.333. The zero-order valence-corrected chi connectivity index (χ0v) is 16.1. The van der Waals surface area contributed by atoms with Crippen LogP contribution >= 0.6 is 0 Å².